The number of aliphatic hydroxyl groups excluding tert-OH is 2. The third-order valence-electron chi connectivity index (χ3n) is 6.36. The molecule has 1 heterocycles. The molecule has 0 aliphatic heterocycles. The summed E-state index contributed by atoms with van der Waals surface area (Å²) in [6.45, 7) is 0.451. The molecular formula is C27H33N5O8. The number of H-pyrrole nitrogens is 1. The van der Waals surface area contributed by atoms with E-state index in [9.17, 15) is 39.6 Å². The number of phenolic OH excluding ortho intramolecular Hbond substituents is 1. The van der Waals surface area contributed by atoms with Crippen molar-refractivity contribution in [1.82, 2.24) is 20.9 Å². The predicted octanol–water partition coefficient (Wildman–Crippen LogP) is -1.10. The quantitative estimate of drug-likeness (QED) is 0.124. The summed E-state index contributed by atoms with van der Waals surface area (Å²) in [5.41, 5.74) is 7.74. The monoisotopic (exact) mass is 555 g/mol. The van der Waals surface area contributed by atoms with Gasteiger partial charge in [0.25, 0.3) is 0 Å². The largest absolute Gasteiger partial charge is 0.508 e. The fourth-order valence-corrected chi connectivity index (χ4v) is 4.02. The zero-order valence-corrected chi connectivity index (χ0v) is 21.7. The van der Waals surface area contributed by atoms with Gasteiger partial charge in [-0.2, -0.15) is 0 Å². The Kier molecular flexibility index (Phi) is 10.2. The van der Waals surface area contributed by atoms with Crippen LogP contribution in [0.4, 0.5) is 0 Å². The number of nitrogens with one attached hydrogen (secondary N) is 4. The number of fused-ring (bicyclic) bond motifs is 1. The molecule has 0 aliphatic carbocycles. The van der Waals surface area contributed by atoms with Gasteiger partial charge in [0.05, 0.1) is 12.7 Å². The number of nitrogens with two attached hydrogens (primary N) is 1. The van der Waals surface area contributed by atoms with Gasteiger partial charge in [-0.05, 0) is 36.2 Å². The molecule has 2 aromatic carbocycles. The van der Waals surface area contributed by atoms with Crippen molar-refractivity contribution in [2.75, 3.05) is 6.61 Å². The number of phenols is 1. The fourth-order valence-electron chi connectivity index (χ4n) is 4.02. The number of hydrogen-bond donors (Lipinski definition) is 9. The van der Waals surface area contributed by atoms with Gasteiger partial charge in [-0.3, -0.25) is 14.4 Å². The van der Waals surface area contributed by atoms with Crippen molar-refractivity contribution < 1.29 is 39.6 Å². The average Bonchev–Trinajstić information content (AvgIpc) is 3.33. The van der Waals surface area contributed by atoms with E-state index in [-0.39, 0.29) is 18.6 Å². The molecule has 0 aliphatic rings. The van der Waals surface area contributed by atoms with Gasteiger partial charge in [-0.15, -0.1) is 0 Å². The molecule has 10 N–H and O–H groups in total. The van der Waals surface area contributed by atoms with Gasteiger partial charge in [0.2, 0.25) is 17.7 Å². The van der Waals surface area contributed by atoms with Gasteiger partial charge >= 0.3 is 5.97 Å². The number of aromatic nitrogens is 1. The van der Waals surface area contributed by atoms with Crippen molar-refractivity contribution in [2.45, 2.75) is 50.0 Å². The number of aromatic amines is 1. The highest BCUT2D eigenvalue weighted by Crippen LogP contribution is 2.19. The van der Waals surface area contributed by atoms with Gasteiger partial charge < -0.3 is 47.1 Å². The highest BCUT2D eigenvalue weighted by molar-refractivity contribution is 5.95. The molecule has 3 amide bonds. The number of rotatable bonds is 13. The number of aromatic hydroxyl groups is 1. The Morgan fingerprint density at radius 1 is 0.875 bits per heavy atom. The van der Waals surface area contributed by atoms with E-state index in [0.717, 1.165) is 10.9 Å². The van der Waals surface area contributed by atoms with Crippen LogP contribution in [-0.4, -0.2) is 86.0 Å². The number of carboxylic acid groups (broad SMARTS) is 1. The first-order valence-corrected chi connectivity index (χ1v) is 12.5. The lowest BCUT2D eigenvalue weighted by molar-refractivity contribution is -0.143. The van der Waals surface area contributed by atoms with E-state index in [4.69, 9.17) is 5.73 Å². The minimum absolute atomic E-state index is 0.00255. The van der Waals surface area contributed by atoms with Crippen LogP contribution in [0.1, 0.15) is 18.1 Å². The van der Waals surface area contributed by atoms with Crippen LogP contribution in [0.3, 0.4) is 0 Å². The molecule has 3 aromatic rings. The topological polar surface area (TPSA) is 227 Å². The number of carbonyl (C=O) groups is 4. The summed E-state index contributed by atoms with van der Waals surface area (Å²) < 4.78 is 0. The summed E-state index contributed by atoms with van der Waals surface area (Å²) in [5.74, 6) is -3.92. The lowest BCUT2D eigenvalue weighted by atomic mass is 10.0. The number of carbonyl (C=O) groups excluding carboxylic acids is 3. The summed E-state index contributed by atoms with van der Waals surface area (Å²) in [4.78, 5) is 53.8. The van der Waals surface area contributed by atoms with E-state index >= 15 is 0 Å². The minimum atomic E-state index is -1.61. The van der Waals surface area contributed by atoms with Crippen molar-refractivity contribution in [3.8, 4) is 5.75 Å². The number of aliphatic hydroxyl groups is 2. The fraction of sp³-hybridized carbons (Fsp3) is 0.333. The maximum Gasteiger partial charge on any atom is 0.328 e. The van der Waals surface area contributed by atoms with Crippen molar-refractivity contribution in [1.29, 1.82) is 0 Å². The molecule has 0 fully saturated rings. The van der Waals surface area contributed by atoms with Gasteiger partial charge in [-0.25, -0.2) is 4.79 Å². The number of hydrogen-bond acceptors (Lipinski definition) is 8. The molecule has 13 nitrogen and oxygen atoms in total. The zero-order chi connectivity index (χ0) is 29.4. The first-order valence-electron chi connectivity index (χ1n) is 12.5. The van der Waals surface area contributed by atoms with Crippen LogP contribution in [-0.2, 0) is 32.0 Å². The van der Waals surface area contributed by atoms with Gasteiger partial charge in [0.1, 0.15) is 29.9 Å². The Hall–Kier alpha value is -4.46. The lowest BCUT2D eigenvalue weighted by Gasteiger charge is -2.25. The number of amides is 3. The SMILES string of the molecule is CC(O)C(N)C(=O)NC(Cc1ccc(O)cc1)C(=O)NC(Cc1c[nH]c2ccccc12)C(=O)NC(CO)C(=O)O. The Morgan fingerprint density at radius 3 is 2.05 bits per heavy atom. The van der Waals surface area contributed by atoms with Crippen molar-refractivity contribution >= 4 is 34.6 Å². The van der Waals surface area contributed by atoms with Crippen LogP contribution >= 0.6 is 0 Å². The molecule has 5 unspecified atom stereocenters. The maximum atomic E-state index is 13.5. The number of benzene rings is 2. The Morgan fingerprint density at radius 2 is 1.45 bits per heavy atom. The van der Waals surface area contributed by atoms with E-state index in [2.05, 4.69) is 20.9 Å². The molecule has 214 valence electrons. The van der Waals surface area contributed by atoms with E-state index in [1.807, 2.05) is 18.2 Å². The van der Waals surface area contributed by atoms with Crippen molar-refractivity contribution in [3.05, 3.63) is 65.9 Å². The molecule has 0 saturated carbocycles. The van der Waals surface area contributed by atoms with Crippen molar-refractivity contribution in [3.63, 3.8) is 0 Å². The number of para-hydroxylation sites is 1. The minimum Gasteiger partial charge on any atom is -0.508 e. The molecule has 0 radical (unpaired) electrons. The first-order chi connectivity index (χ1) is 19.0. The first kappa shape index (κ1) is 30.1. The maximum absolute atomic E-state index is 13.5. The molecule has 0 bridgehead atoms. The summed E-state index contributed by atoms with van der Waals surface area (Å²) in [5, 5.41) is 46.1. The summed E-state index contributed by atoms with van der Waals surface area (Å²) >= 11 is 0. The second-order valence-electron chi connectivity index (χ2n) is 9.40. The molecule has 5 atom stereocenters. The molecular weight excluding hydrogens is 522 g/mol. The van der Waals surface area contributed by atoms with Crippen LogP contribution in [0.15, 0.2) is 54.7 Å². The van der Waals surface area contributed by atoms with Crippen LogP contribution < -0.4 is 21.7 Å². The van der Waals surface area contributed by atoms with Crippen molar-refractivity contribution in [2.24, 2.45) is 5.73 Å². The van der Waals surface area contributed by atoms with Crippen LogP contribution in [0.5, 0.6) is 5.75 Å². The summed E-state index contributed by atoms with van der Waals surface area (Å²) in [6.07, 6.45) is 0.353. The van der Waals surface area contributed by atoms with E-state index < -0.39 is 60.6 Å². The van der Waals surface area contributed by atoms with Gasteiger partial charge in [0.15, 0.2) is 0 Å². The lowest BCUT2D eigenvalue weighted by Crippen LogP contribution is -2.59. The molecule has 40 heavy (non-hydrogen) atoms. The molecule has 1 aromatic heterocycles. The molecule has 3 rings (SSSR count). The molecule has 13 heteroatoms. The smallest absolute Gasteiger partial charge is 0.328 e. The zero-order valence-electron chi connectivity index (χ0n) is 21.7. The standard InChI is InChI=1S/C27H33N5O8/c1-14(34)23(28)26(38)31-20(10-15-6-8-17(35)9-7-15)24(36)30-21(25(37)32-22(13-33)27(39)40)11-16-12-29-19-5-3-2-4-18(16)19/h2-9,12,14,20-23,29,33-35H,10-11,13,28H2,1H3,(H,30,36)(H,31,38)(H,32,37)(H,39,40). The second kappa shape index (κ2) is 13.6. The highest BCUT2D eigenvalue weighted by atomic mass is 16.4. The van der Waals surface area contributed by atoms with Crippen LogP contribution in [0.2, 0.25) is 0 Å². The molecule has 0 spiro atoms. The average molecular weight is 556 g/mol. The number of aliphatic carboxylic acids is 1. The van der Waals surface area contributed by atoms with Crippen LogP contribution in [0.25, 0.3) is 10.9 Å². The summed E-state index contributed by atoms with van der Waals surface area (Å²) in [7, 11) is 0. The Labute approximate surface area is 229 Å². The highest BCUT2D eigenvalue weighted by Gasteiger charge is 2.31. The van der Waals surface area contributed by atoms with E-state index in [0.29, 0.717) is 11.1 Å². The van der Waals surface area contributed by atoms with Crippen LogP contribution in [0, 0.1) is 0 Å². The van der Waals surface area contributed by atoms with E-state index in [1.54, 1.807) is 24.4 Å². The van der Waals surface area contributed by atoms with Gasteiger partial charge in [0, 0.05) is 29.9 Å². The van der Waals surface area contributed by atoms with E-state index in [1.165, 1.54) is 19.1 Å². The number of carboxylic acids is 1. The summed E-state index contributed by atoms with van der Waals surface area (Å²) in [6, 6.07) is 7.67. The Bertz CT molecular complexity index is 1340. The molecule has 0 saturated heterocycles. The second-order valence-corrected chi connectivity index (χ2v) is 9.40. The normalized spacial score (nSPS) is 14.9. The van der Waals surface area contributed by atoms with Gasteiger partial charge in [-0.1, -0.05) is 30.3 Å². The predicted molar refractivity (Wildman–Crippen MR) is 144 cm³/mol. The third-order valence-corrected chi connectivity index (χ3v) is 6.36. The Balaban J connectivity index is 1.90. The third kappa shape index (κ3) is 7.79.